The molecule has 3 rings (SSSR count). The van der Waals surface area contributed by atoms with Crippen molar-refractivity contribution in [3.05, 3.63) is 89.5 Å². The Bertz CT molecular complexity index is 1190. The maximum Gasteiger partial charge on any atom is 0.255 e. The van der Waals surface area contributed by atoms with E-state index in [4.69, 9.17) is 9.47 Å². The van der Waals surface area contributed by atoms with Gasteiger partial charge in [-0.2, -0.15) is 0 Å². The molecule has 8 nitrogen and oxygen atoms in total. The lowest BCUT2D eigenvalue weighted by molar-refractivity contribution is -0.124. The molecule has 0 aliphatic carbocycles. The number of carbonyl (C=O) groups excluding carboxylic acids is 3. The van der Waals surface area contributed by atoms with E-state index in [1.165, 1.54) is 14.2 Å². The highest BCUT2D eigenvalue weighted by molar-refractivity contribution is 6.04. The summed E-state index contributed by atoms with van der Waals surface area (Å²) >= 11 is 0. The number of benzene rings is 3. The molecule has 1 atom stereocenters. The van der Waals surface area contributed by atoms with Crippen molar-refractivity contribution in [2.24, 2.45) is 5.92 Å². The zero-order valence-corrected chi connectivity index (χ0v) is 20.8. The van der Waals surface area contributed by atoms with Gasteiger partial charge in [-0.15, -0.1) is 0 Å². The summed E-state index contributed by atoms with van der Waals surface area (Å²) in [6.07, 6.45) is 0. The maximum absolute atomic E-state index is 13.0. The lowest BCUT2D eigenvalue weighted by Crippen LogP contribution is -2.49. The molecule has 36 heavy (non-hydrogen) atoms. The van der Waals surface area contributed by atoms with Crippen LogP contribution >= 0.6 is 0 Å². The Balaban J connectivity index is 1.64. The molecule has 188 valence electrons. The fraction of sp³-hybridized carbons (Fsp3) is 0.250. The van der Waals surface area contributed by atoms with Gasteiger partial charge in [0.05, 0.1) is 14.2 Å². The second-order valence-corrected chi connectivity index (χ2v) is 8.53. The molecule has 3 aromatic carbocycles. The van der Waals surface area contributed by atoms with Crippen molar-refractivity contribution in [3.8, 4) is 11.5 Å². The third kappa shape index (κ3) is 7.09. The molecule has 0 aromatic heterocycles. The third-order valence-electron chi connectivity index (χ3n) is 5.54. The van der Waals surface area contributed by atoms with Crippen LogP contribution in [0.1, 0.15) is 40.1 Å². The average molecular weight is 490 g/mol. The lowest BCUT2D eigenvalue weighted by Gasteiger charge is -2.22. The molecule has 3 N–H and O–H groups in total. The van der Waals surface area contributed by atoms with Gasteiger partial charge in [-0.3, -0.25) is 14.4 Å². The van der Waals surface area contributed by atoms with Gasteiger partial charge in [0.15, 0.2) is 0 Å². The molecule has 0 radical (unpaired) electrons. The van der Waals surface area contributed by atoms with Gasteiger partial charge in [0.1, 0.15) is 17.5 Å². The topological polar surface area (TPSA) is 106 Å². The smallest absolute Gasteiger partial charge is 0.255 e. The Morgan fingerprint density at radius 3 is 2.06 bits per heavy atom. The summed E-state index contributed by atoms with van der Waals surface area (Å²) in [6.45, 7) is 3.91. The van der Waals surface area contributed by atoms with Crippen molar-refractivity contribution in [1.82, 2.24) is 10.6 Å². The first-order valence-electron chi connectivity index (χ1n) is 11.6. The van der Waals surface area contributed by atoms with Crippen LogP contribution in [-0.2, 0) is 11.3 Å². The van der Waals surface area contributed by atoms with Gasteiger partial charge in [-0.25, -0.2) is 0 Å². The lowest BCUT2D eigenvalue weighted by atomic mass is 10.0. The molecule has 0 fully saturated rings. The summed E-state index contributed by atoms with van der Waals surface area (Å²) in [4.78, 5) is 38.5. The summed E-state index contributed by atoms with van der Waals surface area (Å²) in [5, 5.41) is 8.51. The van der Waals surface area contributed by atoms with Crippen LogP contribution in [0.2, 0.25) is 0 Å². The highest BCUT2D eigenvalue weighted by Gasteiger charge is 2.25. The number of carbonyl (C=O) groups is 3. The molecule has 0 saturated heterocycles. The quantitative estimate of drug-likeness (QED) is 0.399. The van der Waals surface area contributed by atoms with E-state index >= 15 is 0 Å². The monoisotopic (exact) mass is 489 g/mol. The first-order chi connectivity index (χ1) is 17.3. The second kappa shape index (κ2) is 12.4. The molecule has 0 bridgehead atoms. The highest BCUT2D eigenvalue weighted by Crippen LogP contribution is 2.22. The SMILES string of the molecule is COc1cc(OC)cc(C(=O)NC(C(=O)NCc2cccc(C(=O)Nc3ccccc3)c2)C(C)C)c1. The van der Waals surface area contributed by atoms with Crippen molar-refractivity contribution < 1.29 is 23.9 Å². The second-order valence-electron chi connectivity index (χ2n) is 8.53. The van der Waals surface area contributed by atoms with E-state index in [9.17, 15) is 14.4 Å². The van der Waals surface area contributed by atoms with Gasteiger partial charge in [0, 0.05) is 29.4 Å². The number of methoxy groups -OCH3 is 2. The van der Waals surface area contributed by atoms with Crippen LogP contribution in [-0.4, -0.2) is 38.0 Å². The minimum atomic E-state index is -0.765. The Morgan fingerprint density at radius 1 is 0.778 bits per heavy atom. The van der Waals surface area contributed by atoms with Crippen LogP contribution in [0, 0.1) is 5.92 Å². The number of hydrogen-bond donors (Lipinski definition) is 3. The molecular weight excluding hydrogens is 458 g/mol. The number of anilines is 1. The van der Waals surface area contributed by atoms with E-state index < -0.39 is 11.9 Å². The van der Waals surface area contributed by atoms with Crippen molar-refractivity contribution in [2.75, 3.05) is 19.5 Å². The molecule has 0 saturated carbocycles. The predicted molar refractivity (Wildman–Crippen MR) is 138 cm³/mol. The average Bonchev–Trinajstić information content (AvgIpc) is 2.90. The van der Waals surface area contributed by atoms with Crippen LogP contribution in [0.4, 0.5) is 5.69 Å². The summed E-state index contributed by atoms with van der Waals surface area (Å²) in [5.41, 5.74) is 2.26. The minimum absolute atomic E-state index is 0.163. The zero-order valence-electron chi connectivity index (χ0n) is 20.8. The fourth-order valence-electron chi connectivity index (χ4n) is 3.54. The van der Waals surface area contributed by atoms with E-state index in [-0.39, 0.29) is 24.3 Å². The van der Waals surface area contributed by atoms with E-state index in [1.54, 1.807) is 36.4 Å². The Labute approximate surface area is 211 Å². The van der Waals surface area contributed by atoms with Gasteiger partial charge in [-0.1, -0.05) is 44.2 Å². The summed E-state index contributed by atoms with van der Waals surface area (Å²) in [6, 6.07) is 20.3. The van der Waals surface area contributed by atoms with Gasteiger partial charge in [-0.05, 0) is 47.9 Å². The molecule has 0 aliphatic rings. The maximum atomic E-state index is 13.0. The van der Waals surface area contributed by atoms with Crippen LogP contribution in [0.25, 0.3) is 0 Å². The number of rotatable bonds is 10. The molecule has 3 aromatic rings. The largest absolute Gasteiger partial charge is 0.497 e. The zero-order chi connectivity index (χ0) is 26.1. The van der Waals surface area contributed by atoms with Gasteiger partial charge in [0.2, 0.25) is 5.91 Å². The molecular formula is C28H31N3O5. The van der Waals surface area contributed by atoms with Crippen LogP contribution in [0.5, 0.6) is 11.5 Å². The van der Waals surface area contributed by atoms with E-state index in [0.29, 0.717) is 28.3 Å². The number of ether oxygens (including phenoxy) is 2. The summed E-state index contributed by atoms with van der Waals surface area (Å²) in [7, 11) is 3.00. The van der Waals surface area contributed by atoms with Gasteiger partial charge in [0.25, 0.3) is 11.8 Å². The van der Waals surface area contributed by atoms with E-state index in [1.807, 2.05) is 50.2 Å². The van der Waals surface area contributed by atoms with Crippen molar-refractivity contribution in [3.63, 3.8) is 0 Å². The standard InChI is InChI=1S/C28H31N3O5/c1-18(2)25(31-27(33)21-14-23(35-3)16-24(15-21)36-4)28(34)29-17-19-9-8-10-20(13-19)26(32)30-22-11-6-5-7-12-22/h5-16,18,25H,17H2,1-4H3,(H,29,34)(H,30,32)(H,31,33). The first-order valence-corrected chi connectivity index (χ1v) is 11.6. The van der Waals surface area contributed by atoms with Crippen LogP contribution < -0.4 is 25.4 Å². The fourth-order valence-corrected chi connectivity index (χ4v) is 3.54. The van der Waals surface area contributed by atoms with E-state index in [0.717, 1.165) is 5.56 Å². The van der Waals surface area contributed by atoms with Crippen LogP contribution in [0.3, 0.4) is 0 Å². The van der Waals surface area contributed by atoms with Gasteiger partial charge >= 0.3 is 0 Å². The van der Waals surface area contributed by atoms with Gasteiger partial charge < -0.3 is 25.4 Å². The van der Waals surface area contributed by atoms with Crippen molar-refractivity contribution in [1.29, 1.82) is 0 Å². The number of nitrogens with one attached hydrogen (secondary N) is 3. The third-order valence-corrected chi connectivity index (χ3v) is 5.54. The Morgan fingerprint density at radius 2 is 1.44 bits per heavy atom. The van der Waals surface area contributed by atoms with Crippen molar-refractivity contribution >= 4 is 23.4 Å². The summed E-state index contributed by atoms with van der Waals surface area (Å²) < 4.78 is 10.5. The normalized spacial score (nSPS) is 11.4. The number of para-hydroxylation sites is 1. The molecule has 3 amide bonds. The first kappa shape index (κ1) is 26.3. The number of amides is 3. The van der Waals surface area contributed by atoms with E-state index in [2.05, 4.69) is 16.0 Å². The molecule has 1 unspecified atom stereocenters. The summed E-state index contributed by atoms with van der Waals surface area (Å²) in [5.74, 6) is -0.199. The Kier molecular flexibility index (Phi) is 9.05. The predicted octanol–water partition coefficient (Wildman–Crippen LogP) is 4.03. The van der Waals surface area contributed by atoms with Crippen molar-refractivity contribution in [2.45, 2.75) is 26.4 Å². The molecule has 0 heterocycles. The highest BCUT2D eigenvalue weighted by atomic mass is 16.5. The molecule has 8 heteroatoms. The minimum Gasteiger partial charge on any atom is -0.497 e. The Hall–Kier alpha value is -4.33. The number of hydrogen-bond acceptors (Lipinski definition) is 5. The molecule has 0 aliphatic heterocycles. The molecule has 0 spiro atoms. The van der Waals surface area contributed by atoms with Crippen LogP contribution in [0.15, 0.2) is 72.8 Å².